The molecule has 29 heavy (non-hydrogen) atoms. The van der Waals surface area contributed by atoms with Gasteiger partial charge in [0.05, 0.1) is 19.1 Å². The predicted molar refractivity (Wildman–Crippen MR) is 102 cm³/mol. The van der Waals surface area contributed by atoms with Crippen molar-refractivity contribution in [1.29, 1.82) is 0 Å². The molecule has 0 aromatic rings. The first kappa shape index (κ1) is 29.0. The van der Waals surface area contributed by atoms with Crippen molar-refractivity contribution in [2.75, 3.05) is 13.2 Å². The highest BCUT2D eigenvalue weighted by atomic mass is 35.5. The van der Waals surface area contributed by atoms with E-state index in [0.29, 0.717) is 19.3 Å². The first-order valence-electron chi connectivity index (χ1n) is 9.26. The van der Waals surface area contributed by atoms with Crippen molar-refractivity contribution in [3.63, 3.8) is 0 Å². The summed E-state index contributed by atoms with van der Waals surface area (Å²) >= 11 is 0. The van der Waals surface area contributed by atoms with Gasteiger partial charge in [0.2, 0.25) is 12.6 Å². The van der Waals surface area contributed by atoms with E-state index in [0.717, 1.165) is 0 Å². The van der Waals surface area contributed by atoms with Crippen LogP contribution in [0.2, 0.25) is 0 Å². The second kappa shape index (κ2) is 16.7. The summed E-state index contributed by atoms with van der Waals surface area (Å²) in [5.74, 6) is -1.48. The van der Waals surface area contributed by atoms with Crippen LogP contribution in [0.5, 0.6) is 0 Å². The van der Waals surface area contributed by atoms with Gasteiger partial charge in [-0.25, -0.2) is 9.59 Å². The number of ether oxygens (including phenoxy) is 6. The largest absolute Gasteiger partial charge is 0.511 e. The fourth-order valence-corrected chi connectivity index (χ4v) is 1.98. The maximum atomic E-state index is 11.9. The van der Waals surface area contributed by atoms with Gasteiger partial charge in [-0.2, -0.15) is 0 Å². The predicted octanol–water partition coefficient (Wildman–Crippen LogP) is 3.73. The first-order valence-corrected chi connectivity index (χ1v) is 9.26. The molecule has 0 amide bonds. The normalized spacial score (nSPS) is 13.0. The molecule has 3 atom stereocenters. The first-order chi connectivity index (χ1) is 13.2. The van der Waals surface area contributed by atoms with Gasteiger partial charge >= 0.3 is 24.2 Å². The quantitative estimate of drug-likeness (QED) is 0.191. The zero-order valence-electron chi connectivity index (χ0n) is 17.5. The molecule has 0 aliphatic rings. The Kier molecular flexibility index (Phi) is 16.7. The van der Waals surface area contributed by atoms with Crippen molar-refractivity contribution in [1.82, 2.24) is 0 Å². The Morgan fingerprint density at radius 3 is 1.69 bits per heavy atom. The molecule has 11 heteroatoms. The molecule has 0 rings (SSSR count). The van der Waals surface area contributed by atoms with E-state index in [1.54, 1.807) is 20.8 Å². The molecule has 3 unspecified atom stereocenters. The van der Waals surface area contributed by atoms with E-state index in [9.17, 15) is 19.2 Å². The van der Waals surface area contributed by atoms with Gasteiger partial charge in [-0.15, -0.1) is 12.4 Å². The number of hydrogen-bond acceptors (Lipinski definition) is 10. The molecule has 0 spiro atoms. The molecule has 0 N–H and O–H groups in total. The third kappa shape index (κ3) is 15.4. The number of hydrogen-bond donors (Lipinski definition) is 0. The third-order valence-electron chi connectivity index (χ3n) is 3.30. The lowest BCUT2D eigenvalue weighted by molar-refractivity contribution is -0.172. The number of esters is 2. The smallest absolute Gasteiger partial charge is 0.435 e. The molecule has 0 saturated carbocycles. The Morgan fingerprint density at radius 1 is 0.724 bits per heavy atom. The lowest BCUT2D eigenvalue weighted by atomic mass is 10.0. The molecule has 0 aromatic carbocycles. The van der Waals surface area contributed by atoms with Crippen LogP contribution in [0.1, 0.15) is 60.3 Å². The van der Waals surface area contributed by atoms with Crippen LogP contribution in [0.15, 0.2) is 0 Å². The van der Waals surface area contributed by atoms with E-state index < -0.39 is 42.7 Å². The molecule has 0 fully saturated rings. The SMILES string of the molecule is CCOC(=O)OC(C)OC(=O)CCCCC(C)C(=O)OC(C)OC(=O)OCC.Cl. The monoisotopic (exact) mass is 442 g/mol. The van der Waals surface area contributed by atoms with Crippen molar-refractivity contribution in [2.24, 2.45) is 5.92 Å². The minimum atomic E-state index is -1.05. The fourth-order valence-electron chi connectivity index (χ4n) is 1.98. The van der Waals surface area contributed by atoms with E-state index in [2.05, 4.69) is 9.47 Å². The lowest BCUT2D eigenvalue weighted by Gasteiger charge is -2.16. The molecule has 0 bridgehead atoms. The van der Waals surface area contributed by atoms with Gasteiger partial charge in [-0.1, -0.05) is 13.3 Å². The van der Waals surface area contributed by atoms with Gasteiger partial charge < -0.3 is 28.4 Å². The lowest BCUT2D eigenvalue weighted by Crippen LogP contribution is -2.25. The molecule has 0 heterocycles. The Hall–Kier alpha value is -2.23. The maximum absolute atomic E-state index is 11.9. The van der Waals surface area contributed by atoms with E-state index >= 15 is 0 Å². The molecule has 0 aliphatic heterocycles. The average Bonchev–Trinajstić information content (AvgIpc) is 2.58. The second-order valence-electron chi connectivity index (χ2n) is 5.81. The number of halogens is 1. The molecule has 0 radical (unpaired) electrons. The van der Waals surface area contributed by atoms with Crippen LogP contribution >= 0.6 is 12.4 Å². The number of carbonyl (C=O) groups is 4. The summed E-state index contributed by atoms with van der Waals surface area (Å²) in [5, 5.41) is 0. The molecule has 10 nitrogen and oxygen atoms in total. The zero-order valence-corrected chi connectivity index (χ0v) is 18.3. The van der Waals surface area contributed by atoms with E-state index in [1.807, 2.05) is 0 Å². The summed E-state index contributed by atoms with van der Waals surface area (Å²) < 4.78 is 28.5. The summed E-state index contributed by atoms with van der Waals surface area (Å²) in [6.45, 7) is 8.07. The molecular weight excluding hydrogens is 412 g/mol. The van der Waals surface area contributed by atoms with Crippen LogP contribution in [0.25, 0.3) is 0 Å². The Labute approximate surface area is 176 Å². The summed E-state index contributed by atoms with van der Waals surface area (Å²) in [7, 11) is 0. The van der Waals surface area contributed by atoms with Crippen LogP contribution in [0, 0.1) is 5.92 Å². The van der Waals surface area contributed by atoms with Crippen LogP contribution in [0.4, 0.5) is 9.59 Å². The van der Waals surface area contributed by atoms with Crippen molar-refractivity contribution >= 4 is 36.7 Å². The second-order valence-corrected chi connectivity index (χ2v) is 5.81. The number of unbranched alkanes of at least 4 members (excludes halogenated alkanes) is 1. The summed E-state index contributed by atoms with van der Waals surface area (Å²) in [5.41, 5.74) is 0. The van der Waals surface area contributed by atoms with Gasteiger partial charge in [0.25, 0.3) is 0 Å². The van der Waals surface area contributed by atoms with Crippen LogP contribution in [0.3, 0.4) is 0 Å². The topological polar surface area (TPSA) is 124 Å². The Morgan fingerprint density at radius 2 is 1.21 bits per heavy atom. The van der Waals surface area contributed by atoms with Crippen molar-refractivity contribution < 1.29 is 47.6 Å². The molecule has 0 saturated heterocycles. The molecular formula is C18H31ClO10. The zero-order chi connectivity index (χ0) is 21.5. The molecule has 0 aliphatic carbocycles. The highest BCUT2D eigenvalue weighted by Crippen LogP contribution is 2.13. The third-order valence-corrected chi connectivity index (χ3v) is 3.30. The highest BCUT2D eigenvalue weighted by Gasteiger charge is 2.20. The van der Waals surface area contributed by atoms with Gasteiger partial charge in [-0.3, -0.25) is 9.59 Å². The van der Waals surface area contributed by atoms with E-state index in [1.165, 1.54) is 13.8 Å². The Balaban J connectivity index is 0. The average molecular weight is 443 g/mol. The Bertz CT molecular complexity index is 511. The molecule has 170 valence electrons. The van der Waals surface area contributed by atoms with Crippen molar-refractivity contribution in [3.8, 4) is 0 Å². The van der Waals surface area contributed by atoms with Crippen LogP contribution in [-0.4, -0.2) is 50.0 Å². The van der Waals surface area contributed by atoms with Gasteiger partial charge in [0.15, 0.2) is 0 Å². The summed E-state index contributed by atoms with van der Waals surface area (Å²) in [6.07, 6.45) is -2.26. The summed E-state index contributed by atoms with van der Waals surface area (Å²) in [4.78, 5) is 45.8. The van der Waals surface area contributed by atoms with Crippen molar-refractivity contribution in [3.05, 3.63) is 0 Å². The maximum Gasteiger partial charge on any atom is 0.511 e. The minimum absolute atomic E-state index is 0. The molecule has 0 aromatic heterocycles. The van der Waals surface area contributed by atoms with E-state index in [4.69, 9.17) is 18.9 Å². The number of carbonyl (C=O) groups excluding carboxylic acids is 4. The van der Waals surface area contributed by atoms with Crippen LogP contribution in [-0.2, 0) is 38.0 Å². The van der Waals surface area contributed by atoms with Crippen molar-refractivity contribution in [2.45, 2.75) is 72.9 Å². The van der Waals surface area contributed by atoms with Gasteiger partial charge in [0.1, 0.15) is 0 Å². The highest BCUT2D eigenvalue weighted by molar-refractivity contribution is 5.85. The summed E-state index contributed by atoms with van der Waals surface area (Å²) in [6, 6.07) is 0. The van der Waals surface area contributed by atoms with Crippen LogP contribution < -0.4 is 0 Å². The minimum Gasteiger partial charge on any atom is -0.435 e. The van der Waals surface area contributed by atoms with Gasteiger partial charge in [-0.05, 0) is 26.7 Å². The fraction of sp³-hybridized carbons (Fsp3) is 0.778. The number of rotatable bonds is 12. The standard InChI is InChI=1S/C18H30O10.ClH/c1-6-23-17(21)27-13(4)25-15(19)11-9-8-10-12(3)16(20)26-14(5)28-18(22)24-7-2;/h12-14H,6-11H2,1-5H3;1H. The van der Waals surface area contributed by atoms with Gasteiger partial charge in [0, 0.05) is 20.3 Å². The van der Waals surface area contributed by atoms with E-state index in [-0.39, 0.29) is 32.0 Å².